The third kappa shape index (κ3) is 4.31. The minimum Gasteiger partial charge on any atom is -0.454 e. The van der Waals surface area contributed by atoms with Crippen LogP contribution in [0.5, 0.6) is 0 Å². The summed E-state index contributed by atoms with van der Waals surface area (Å²) in [6.45, 7) is 0. The van der Waals surface area contributed by atoms with E-state index in [0.717, 1.165) is 61.3 Å². The van der Waals surface area contributed by atoms with Gasteiger partial charge in [-0.1, -0.05) is 121 Å². The Bertz CT molecular complexity index is 3150. The summed E-state index contributed by atoms with van der Waals surface area (Å²) >= 11 is 1.85. The Labute approximate surface area is 303 Å². The fourth-order valence-corrected chi connectivity index (χ4v) is 9.23. The van der Waals surface area contributed by atoms with Gasteiger partial charge in [-0.2, -0.15) is 0 Å². The molecule has 0 aliphatic heterocycles. The van der Waals surface area contributed by atoms with Gasteiger partial charge in [0.2, 0.25) is 0 Å². The lowest BCUT2D eigenvalue weighted by atomic mass is 10.0. The maximum Gasteiger partial charge on any atom is 0.159 e. The van der Waals surface area contributed by atoms with E-state index in [1.807, 2.05) is 17.4 Å². The fraction of sp³-hybridized carbons (Fsp3) is 0. The molecule has 52 heavy (non-hydrogen) atoms. The second-order valence-corrected chi connectivity index (χ2v) is 14.4. The molecule has 0 spiro atoms. The van der Waals surface area contributed by atoms with E-state index in [-0.39, 0.29) is 0 Å². The minimum absolute atomic E-state index is 0.863. The quantitative estimate of drug-likeness (QED) is 0.180. The zero-order valence-electron chi connectivity index (χ0n) is 28.0. The number of aromatic nitrogens is 1. The number of hydrogen-bond acceptors (Lipinski definition) is 3. The predicted molar refractivity (Wildman–Crippen MR) is 221 cm³/mol. The smallest absolute Gasteiger partial charge is 0.159 e. The second kappa shape index (κ2) is 11.5. The van der Waals surface area contributed by atoms with Crippen molar-refractivity contribution in [2.24, 2.45) is 0 Å². The van der Waals surface area contributed by atoms with Gasteiger partial charge in [0.05, 0.1) is 28.1 Å². The SMILES string of the molecule is c1ccc(-c2ccccc2N(c2cccc3c2oc2ccccc23)c2cccc3c2c2ccccc2n3-c2ccc3sc4ccccc4c3c2)cc1. The molecule has 0 aliphatic rings. The normalized spacial score (nSPS) is 11.8. The topological polar surface area (TPSA) is 21.3 Å². The number of anilines is 3. The molecular weight excluding hydrogens is 653 g/mol. The van der Waals surface area contributed by atoms with E-state index in [9.17, 15) is 0 Å². The van der Waals surface area contributed by atoms with Crippen LogP contribution in [0.3, 0.4) is 0 Å². The van der Waals surface area contributed by atoms with Crippen molar-refractivity contribution in [2.75, 3.05) is 4.90 Å². The Kier molecular flexibility index (Phi) is 6.42. The highest BCUT2D eigenvalue weighted by Crippen LogP contribution is 2.49. The Morgan fingerprint density at radius 3 is 2.02 bits per heavy atom. The first kappa shape index (κ1) is 29.1. The first-order valence-electron chi connectivity index (χ1n) is 17.6. The van der Waals surface area contributed by atoms with Gasteiger partial charge in [0.1, 0.15) is 5.58 Å². The molecule has 0 N–H and O–H groups in total. The van der Waals surface area contributed by atoms with Crippen molar-refractivity contribution in [3.63, 3.8) is 0 Å². The fourth-order valence-electron chi connectivity index (χ4n) is 8.15. The third-order valence-corrected chi connectivity index (χ3v) is 11.5. The monoisotopic (exact) mass is 682 g/mol. The van der Waals surface area contributed by atoms with E-state index >= 15 is 0 Å². The summed E-state index contributed by atoms with van der Waals surface area (Å²) in [4.78, 5) is 2.42. The first-order valence-corrected chi connectivity index (χ1v) is 18.4. The maximum atomic E-state index is 6.75. The molecule has 0 saturated carbocycles. The van der Waals surface area contributed by atoms with Crippen LogP contribution in [0.25, 0.3) is 80.7 Å². The van der Waals surface area contributed by atoms with Crippen LogP contribution in [-0.2, 0) is 0 Å². The van der Waals surface area contributed by atoms with Crippen LogP contribution in [0.15, 0.2) is 186 Å². The van der Waals surface area contributed by atoms with Crippen LogP contribution in [0, 0.1) is 0 Å². The van der Waals surface area contributed by atoms with Gasteiger partial charge >= 0.3 is 0 Å². The zero-order chi connectivity index (χ0) is 34.2. The van der Waals surface area contributed by atoms with E-state index in [0.29, 0.717) is 0 Å². The highest BCUT2D eigenvalue weighted by molar-refractivity contribution is 7.25. The molecule has 0 saturated heterocycles. The lowest BCUT2D eigenvalue weighted by Crippen LogP contribution is -2.12. The summed E-state index contributed by atoms with van der Waals surface area (Å²) in [6, 6.07) is 65.4. The summed E-state index contributed by atoms with van der Waals surface area (Å²) in [6.07, 6.45) is 0. The Morgan fingerprint density at radius 2 is 1.10 bits per heavy atom. The van der Waals surface area contributed by atoms with Crippen LogP contribution in [0.2, 0.25) is 0 Å². The average molecular weight is 683 g/mol. The van der Waals surface area contributed by atoms with Crippen LogP contribution in [0.4, 0.5) is 17.1 Å². The van der Waals surface area contributed by atoms with Crippen molar-refractivity contribution in [3.05, 3.63) is 182 Å². The molecule has 0 bridgehead atoms. The van der Waals surface area contributed by atoms with Gasteiger partial charge in [0, 0.05) is 53.0 Å². The molecule has 3 nitrogen and oxygen atoms in total. The Balaban J connectivity index is 1.24. The van der Waals surface area contributed by atoms with Crippen LogP contribution >= 0.6 is 11.3 Å². The third-order valence-electron chi connectivity index (χ3n) is 10.4. The molecule has 0 amide bonds. The van der Waals surface area contributed by atoms with Crippen molar-refractivity contribution >= 4 is 92.3 Å². The molecule has 0 aliphatic carbocycles. The number of thiophene rings is 1. The van der Waals surface area contributed by atoms with Gasteiger partial charge in [-0.3, -0.25) is 0 Å². The molecular formula is C48H30N2OS. The van der Waals surface area contributed by atoms with E-state index in [4.69, 9.17) is 4.42 Å². The largest absolute Gasteiger partial charge is 0.454 e. The lowest BCUT2D eigenvalue weighted by molar-refractivity contribution is 0.669. The van der Waals surface area contributed by atoms with Crippen LogP contribution in [0.1, 0.15) is 0 Å². The number of hydrogen-bond donors (Lipinski definition) is 0. The van der Waals surface area contributed by atoms with E-state index in [1.165, 1.54) is 36.5 Å². The van der Waals surface area contributed by atoms with Gasteiger partial charge in [0.25, 0.3) is 0 Å². The van der Waals surface area contributed by atoms with Crippen LogP contribution in [-0.4, -0.2) is 4.57 Å². The second-order valence-electron chi connectivity index (χ2n) is 13.3. The number of nitrogens with zero attached hydrogens (tertiary/aromatic N) is 2. The number of benzene rings is 8. The standard InChI is InChI=1S/C48H30N2OS/c1-2-14-31(15-3-1)33-16-4-8-21-39(33)50(43-25-12-20-36-34-17-6-10-26-44(34)51-48(36)43)42-24-13-23-41-47(42)37-19-5-9-22-40(37)49(41)32-28-29-46-38(30-32)35-18-7-11-27-45(35)52-46/h1-30H. The summed E-state index contributed by atoms with van der Waals surface area (Å²) in [5, 5.41) is 7.18. The molecule has 0 atom stereocenters. The lowest BCUT2D eigenvalue weighted by Gasteiger charge is -2.28. The van der Waals surface area contributed by atoms with Crippen molar-refractivity contribution in [3.8, 4) is 16.8 Å². The van der Waals surface area contributed by atoms with Gasteiger partial charge in [-0.15, -0.1) is 11.3 Å². The maximum absolute atomic E-state index is 6.75. The minimum atomic E-state index is 0.863. The summed E-state index contributed by atoms with van der Waals surface area (Å²) in [7, 11) is 0. The number of rotatable bonds is 5. The van der Waals surface area contributed by atoms with E-state index in [1.54, 1.807) is 0 Å². The molecule has 4 heteroatoms. The molecule has 0 radical (unpaired) electrons. The number of para-hydroxylation sites is 4. The Morgan fingerprint density at radius 1 is 0.442 bits per heavy atom. The summed E-state index contributed by atoms with van der Waals surface area (Å²) in [5.74, 6) is 0. The molecule has 11 rings (SSSR count). The van der Waals surface area contributed by atoms with Gasteiger partial charge in [-0.05, 0) is 66.2 Å². The number of fused-ring (bicyclic) bond motifs is 9. The van der Waals surface area contributed by atoms with Crippen molar-refractivity contribution in [2.45, 2.75) is 0 Å². The molecule has 3 aromatic heterocycles. The highest BCUT2D eigenvalue weighted by atomic mass is 32.1. The summed E-state index contributed by atoms with van der Waals surface area (Å²) < 4.78 is 11.8. The molecule has 3 heterocycles. The van der Waals surface area contributed by atoms with E-state index < -0.39 is 0 Å². The van der Waals surface area contributed by atoms with Gasteiger partial charge < -0.3 is 13.9 Å². The molecule has 11 aromatic rings. The zero-order valence-corrected chi connectivity index (χ0v) is 28.8. The highest BCUT2D eigenvalue weighted by Gasteiger charge is 2.25. The summed E-state index contributed by atoms with van der Waals surface area (Å²) in [5.41, 5.74) is 10.7. The van der Waals surface area contributed by atoms with Crippen LogP contribution < -0.4 is 4.90 Å². The van der Waals surface area contributed by atoms with Gasteiger partial charge in [-0.25, -0.2) is 0 Å². The van der Waals surface area contributed by atoms with Gasteiger partial charge in [0.15, 0.2) is 5.58 Å². The Hall–Kier alpha value is -6.62. The predicted octanol–water partition coefficient (Wildman–Crippen LogP) is 14.2. The first-order chi connectivity index (χ1) is 25.8. The molecule has 0 fully saturated rings. The van der Waals surface area contributed by atoms with E-state index in [2.05, 4.69) is 185 Å². The van der Waals surface area contributed by atoms with Crippen molar-refractivity contribution < 1.29 is 4.42 Å². The number of furan rings is 1. The van der Waals surface area contributed by atoms with Crippen molar-refractivity contribution in [1.29, 1.82) is 0 Å². The molecule has 8 aromatic carbocycles. The van der Waals surface area contributed by atoms with Crippen molar-refractivity contribution in [1.82, 2.24) is 4.57 Å². The molecule has 244 valence electrons. The molecule has 0 unspecified atom stereocenters. The average Bonchev–Trinajstić information content (AvgIpc) is 3.89.